The van der Waals surface area contributed by atoms with E-state index in [0.717, 1.165) is 12.4 Å². The number of rotatable bonds is 9. The van der Waals surface area contributed by atoms with Gasteiger partial charge in [-0.15, -0.1) is 0 Å². The molecule has 49 heavy (non-hydrogen) atoms. The van der Waals surface area contributed by atoms with Gasteiger partial charge >= 0.3 is 114 Å². The molecule has 3 rings (SSSR count). The van der Waals surface area contributed by atoms with E-state index >= 15 is 0 Å². The first-order valence-corrected chi connectivity index (χ1v) is 11.5. The van der Waals surface area contributed by atoms with Gasteiger partial charge in [0.05, 0.1) is 21.7 Å². The second-order valence-electron chi connectivity index (χ2n) is 6.84. The molecule has 0 aliphatic carbocycles. The molecule has 0 fully saturated rings. The standard InChI is InChI=1S/C7H6F2N2O3.C7H8F2N2O.C5H3ClN2O2.C2H4F2O.CH2O3.CH3.2K.Pd.H2/c8-7(9)4-14-6-1-2-10-3-5(6)11(12)13;8-7(9)4-12-6-1-2-11-3-5(6)10;6-4-1-2-7-3-5(4)8(9)10;3-2(4)1-5;2-1(3)4;;;;;/h1-3,7H,4H2;1-3,7H,4,10H2;1-3H;2,5H,1H2;(H2,2,3,4);1H3;;;;1H/q;;;;;-1;2*+1;;/p-1. The molecule has 0 radical (unpaired) electrons. The molecule has 0 spiro atoms. The van der Waals surface area contributed by atoms with Gasteiger partial charge in [-0.3, -0.25) is 35.2 Å². The number of hydrogen-bond donors (Lipinski definition) is 3. The zero-order valence-electron chi connectivity index (χ0n) is 25.5. The van der Waals surface area contributed by atoms with Crippen LogP contribution in [0.25, 0.3) is 0 Å². The van der Waals surface area contributed by atoms with Crippen molar-refractivity contribution in [2.75, 3.05) is 25.6 Å². The van der Waals surface area contributed by atoms with Gasteiger partial charge in [-0.2, -0.15) is 0 Å². The van der Waals surface area contributed by atoms with Gasteiger partial charge in [0.25, 0.3) is 19.3 Å². The molecule has 0 saturated carbocycles. The van der Waals surface area contributed by atoms with E-state index in [0.29, 0.717) is 0 Å². The van der Waals surface area contributed by atoms with Gasteiger partial charge in [0.15, 0.2) is 0 Å². The first-order chi connectivity index (χ1) is 21.0. The SMILES string of the molecule is Nc1cnccc1OCC(F)F.O=C([O-])O.O=[N+]([O-])c1cnccc1Cl.O=[N+]([O-])c1cnccc1OCC(F)F.OCC(F)F.[CH3-].[HH].[K+].[K+].[Pd]. The van der Waals surface area contributed by atoms with Crippen molar-refractivity contribution in [2.24, 2.45) is 0 Å². The fourth-order valence-corrected chi connectivity index (χ4v) is 2.14. The topological polar surface area (TPSA) is 250 Å². The quantitative estimate of drug-likeness (QED) is 0.0722. The van der Waals surface area contributed by atoms with Crippen LogP contribution in [0.2, 0.25) is 5.02 Å². The Morgan fingerprint density at radius 3 is 1.51 bits per heavy atom. The maximum Gasteiger partial charge on any atom is 1.00 e. The van der Waals surface area contributed by atoms with E-state index in [4.69, 9.17) is 37.4 Å². The number of nitrogens with two attached hydrogens (primary N) is 1. The molecule has 0 aliphatic heterocycles. The van der Waals surface area contributed by atoms with Gasteiger partial charge in [-0.25, -0.2) is 26.3 Å². The van der Waals surface area contributed by atoms with Crippen LogP contribution in [0.1, 0.15) is 1.43 Å². The molecule has 0 atom stereocenters. The Morgan fingerprint density at radius 2 is 1.18 bits per heavy atom. The van der Waals surface area contributed by atoms with Crippen LogP contribution in [0.4, 0.5) is 48.2 Å². The maximum absolute atomic E-state index is 11.7. The first kappa shape index (κ1) is 59.8. The Balaban J connectivity index is -0.0000000954. The summed E-state index contributed by atoms with van der Waals surface area (Å²) in [5.41, 5.74) is 5.05. The van der Waals surface area contributed by atoms with Crippen LogP contribution in [0, 0.1) is 27.7 Å². The Labute approximate surface area is 379 Å². The molecule has 3 aromatic heterocycles. The molecular formula is C23H27ClF6K2N6O10Pd. The number of aromatic nitrogens is 3. The third-order valence-electron chi connectivity index (χ3n) is 3.58. The summed E-state index contributed by atoms with van der Waals surface area (Å²) in [6, 6.07) is 3.98. The summed E-state index contributed by atoms with van der Waals surface area (Å²) in [5, 5.41) is 43.3. The van der Waals surface area contributed by atoms with Crippen LogP contribution in [-0.2, 0) is 20.4 Å². The summed E-state index contributed by atoms with van der Waals surface area (Å²) < 4.78 is 77.1. The zero-order valence-corrected chi connectivity index (χ0v) is 34.0. The van der Waals surface area contributed by atoms with Crippen LogP contribution in [-0.4, -0.2) is 80.3 Å². The van der Waals surface area contributed by atoms with Crippen molar-refractivity contribution < 1.29 is 190 Å². The minimum Gasteiger partial charge on any atom is -0.565 e. The Kier molecular flexibility index (Phi) is 44.5. The second-order valence-corrected chi connectivity index (χ2v) is 7.25. The van der Waals surface area contributed by atoms with Gasteiger partial charge in [-0.1, -0.05) is 11.6 Å². The molecule has 0 saturated heterocycles. The average Bonchev–Trinajstić information content (AvgIpc) is 2.96. The number of hydrogen-bond acceptors (Lipinski definition) is 13. The average molecular weight is 882 g/mol. The first-order valence-electron chi connectivity index (χ1n) is 11.2. The van der Waals surface area contributed by atoms with Crippen LogP contribution >= 0.6 is 11.6 Å². The van der Waals surface area contributed by atoms with Crippen molar-refractivity contribution in [3.63, 3.8) is 0 Å². The van der Waals surface area contributed by atoms with Crippen LogP contribution < -0.4 is 123 Å². The maximum atomic E-state index is 11.7. The summed E-state index contributed by atoms with van der Waals surface area (Å²) in [5.74, 6) is 0.0376. The van der Waals surface area contributed by atoms with E-state index in [1.165, 1.54) is 43.0 Å². The Bertz CT molecular complexity index is 1330. The van der Waals surface area contributed by atoms with Crippen molar-refractivity contribution in [3.05, 3.63) is 88.1 Å². The fraction of sp³-hybridized carbons (Fsp3) is 0.261. The number of nitro groups is 2. The normalized spacial score (nSPS) is 8.80. The van der Waals surface area contributed by atoms with Crippen molar-refractivity contribution in [2.45, 2.75) is 19.3 Å². The van der Waals surface area contributed by atoms with Gasteiger partial charge in [0, 0.05) is 52.6 Å². The van der Waals surface area contributed by atoms with Crippen molar-refractivity contribution in [1.82, 2.24) is 15.0 Å². The van der Waals surface area contributed by atoms with Crippen molar-refractivity contribution in [1.29, 1.82) is 0 Å². The second kappa shape index (κ2) is 36.5. The van der Waals surface area contributed by atoms with Gasteiger partial charge in [0.2, 0.25) is 11.9 Å². The number of halogens is 7. The summed E-state index contributed by atoms with van der Waals surface area (Å²) in [6.07, 6.45) is -2.33. The number of carbonyl (C=O) groups is 1. The number of nitrogen functional groups attached to an aromatic ring is 1. The monoisotopic (exact) mass is 880 g/mol. The molecule has 270 valence electrons. The number of ether oxygens (including phenoxy) is 2. The molecule has 3 aromatic rings. The molecular weight excluding hydrogens is 854 g/mol. The largest absolute Gasteiger partial charge is 1.00 e. The number of carboxylic acid groups (broad SMARTS) is 2. The third-order valence-corrected chi connectivity index (χ3v) is 3.90. The molecule has 4 N–H and O–H groups in total. The Hall–Kier alpha value is -1.31. The van der Waals surface area contributed by atoms with E-state index < -0.39 is 60.8 Å². The van der Waals surface area contributed by atoms with Crippen LogP contribution in [0.15, 0.2) is 55.4 Å². The zero-order chi connectivity index (χ0) is 34.9. The summed E-state index contributed by atoms with van der Waals surface area (Å²) in [6.45, 7) is -2.54. The van der Waals surface area contributed by atoms with E-state index in [1.807, 2.05) is 0 Å². The predicted octanol–water partition coefficient (Wildman–Crippen LogP) is -1.58. The van der Waals surface area contributed by atoms with Gasteiger partial charge < -0.3 is 42.7 Å². The summed E-state index contributed by atoms with van der Waals surface area (Å²) in [4.78, 5) is 38.3. The van der Waals surface area contributed by atoms with E-state index in [2.05, 4.69) is 24.4 Å². The summed E-state index contributed by atoms with van der Waals surface area (Å²) >= 11 is 5.44. The number of alkyl halides is 6. The summed E-state index contributed by atoms with van der Waals surface area (Å²) in [7, 11) is 0. The van der Waals surface area contributed by atoms with E-state index in [9.17, 15) is 46.6 Å². The minimum atomic E-state index is -2.66. The molecule has 0 bridgehead atoms. The van der Waals surface area contributed by atoms with Gasteiger partial charge in [-0.05, 0) is 6.07 Å². The minimum absolute atomic E-state index is 0. The number of aliphatic hydroxyl groups is 1. The molecule has 16 nitrogen and oxygen atoms in total. The van der Waals surface area contributed by atoms with E-state index in [-0.39, 0.29) is 160 Å². The van der Waals surface area contributed by atoms with E-state index in [1.54, 1.807) is 0 Å². The van der Waals surface area contributed by atoms with Gasteiger partial charge in [0.1, 0.15) is 43.0 Å². The number of pyridine rings is 3. The Morgan fingerprint density at radius 1 is 0.837 bits per heavy atom. The van der Waals surface area contributed by atoms with Crippen molar-refractivity contribution in [3.8, 4) is 11.5 Å². The number of anilines is 1. The molecule has 3 heterocycles. The van der Waals surface area contributed by atoms with Crippen LogP contribution in [0.5, 0.6) is 11.5 Å². The molecule has 0 aliphatic rings. The predicted molar refractivity (Wildman–Crippen MR) is 148 cm³/mol. The van der Waals surface area contributed by atoms with Crippen LogP contribution in [0.3, 0.4) is 0 Å². The number of aliphatic hydroxyl groups excluding tert-OH is 1. The van der Waals surface area contributed by atoms with Crippen molar-refractivity contribution >= 4 is 34.8 Å². The number of nitrogens with zero attached hydrogens (tertiary/aromatic N) is 5. The molecule has 0 aromatic carbocycles. The molecule has 26 heteroatoms. The smallest absolute Gasteiger partial charge is 0.565 e. The molecule has 0 amide bonds. The fourth-order valence-electron chi connectivity index (χ4n) is 1.97. The third kappa shape index (κ3) is 34.9. The molecule has 0 unspecified atom stereocenters.